The monoisotopic (exact) mass is 1290 g/mol. The molecule has 91 heavy (non-hydrogen) atoms. The Morgan fingerprint density at radius 3 is 0.901 bits per heavy atom. The van der Waals surface area contributed by atoms with Crippen LogP contribution in [0, 0.1) is 0 Å². The van der Waals surface area contributed by atoms with Gasteiger partial charge in [0.05, 0.1) is 13.2 Å². The van der Waals surface area contributed by atoms with Gasteiger partial charge in [-0.3, -0.25) is 18.6 Å². The smallest absolute Gasteiger partial charge is 0.462 e. The van der Waals surface area contributed by atoms with Gasteiger partial charge in [-0.25, -0.2) is 4.57 Å². The molecule has 0 aliphatic rings. The van der Waals surface area contributed by atoms with Crippen molar-refractivity contribution in [3.05, 3.63) is 97.2 Å². The van der Waals surface area contributed by atoms with E-state index in [1.807, 2.05) is 0 Å². The van der Waals surface area contributed by atoms with E-state index in [0.29, 0.717) is 6.42 Å². The number of carbonyl (C=O) groups is 2. The van der Waals surface area contributed by atoms with Crippen molar-refractivity contribution in [3.8, 4) is 0 Å². The molecule has 0 amide bonds. The molecule has 0 saturated carbocycles. The topological polar surface area (TPSA) is 134 Å². The summed E-state index contributed by atoms with van der Waals surface area (Å²) in [6.45, 7) is 3.67. The number of hydrogen-bond donors (Lipinski definition) is 2. The Morgan fingerprint density at radius 2 is 0.604 bits per heavy atom. The maximum atomic E-state index is 12.8. The molecule has 9 nitrogen and oxygen atoms in total. The third kappa shape index (κ3) is 75.8. The fraction of sp³-hybridized carbons (Fsp3) is 0.778. The van der Waals surface area contributed by atoms with Crippen molar-refractivity contribution in [2.75, 3.05) is 26.4 Å². The molecule has 0 aliphatic carbocycles. The highest BCUT2D eigenvalue weighted by atomic mass is 31.2. The van der Waals surface area contributed by atoms with Crippen LogP contribution in [0.4, 0.5) is 0 Å². The fourth-order valence-electron chi connectivity index (χ4n) is 11.3. The number of unbranched alkanes of at least 4 members (excludes halogenated alkanes) is 44. The lowest BCUT2D eigenvalue weighted by molar-refractivity contribution is -0.161. The quantitative estimate of drug-likeness (QED) is 0.0264. The van der Waals surface area contributed by atoms with Gasteiger partial charge in [0.15, 0.2) is 6.10 Å². The highest BCUT2D eigenvalue weighted by Crippen LogP contribution is 2.43. The van der Waals surface area contributed by atoms with Gasteiger partial charge in [0.2, 0.25) is 0 Å². The van der Waals surface area contributed by atoms with Crippen LogP contribution >= 0.6 is 7.82 Å². The van der Waals surface area contributed by atoms with Gasteiger partial charge >= 0.3 is 19.8 Å². The van der Waals surface area contributed by atoms with Crippen LogP contribution in [0.25, 0.3) is 0 Å². The summed E-state index contributed by atoms with van der Waals surface area (Å²) >= 11 is 0. The Hall–Kier alpha value is -3.07. The van der Waals surface area contributed by atoms with Crippen molar-refractivity contribution in [2.45, 2.75) is 380 Å². The first-order chi connectivity index (χ1) is 44.8. The molecular weight excluding hydrogens is 1150 g/mol. The first-order valence-electron chi connectivity index (χ1n) is 38.7. The summed E-state index contributed by atoms with van der Waals surface area (Å²) in [5, 5.41) is 0. The van der Waals surface area contributed by atoms with Gasteiger partial charge in [-0.05, 0) is 96.3 Å². The summed E-state index contributed by atoms with van der Waals surface area (Å²) in [6, 6.07) is 0. The zero-order valence-corrected chi connectivity index (χ0v) is 60.5. The van der Waals surface area contributed by atoms with E-state index in [4.69, 9.17) is 24.3 Å². The molecule has 0 rings (SSSR count). The number of hydrogen-bond acceptors (Lipinski definition) is 8. The Labute approximate surface area is 563 Å². The van der Waals surface area contributed by atoms with Crippen molar-refractivity contribution in [1.82, 2.24) is 0 Å². The number of allylic oxidation sites excluding steroid dienone is 16. The Kier molecular flexibility index (Phi) is 73.4. The average molecular weight is 1290 g/mol. The van der Waals surface area contributed by atoms with Crippen LogP contribution in [-0.2, 0) is 32.7 Å². The molecule has 0 aromatic carbocycles. The van der Waals surface area contributed by atoms with E-state index in [2.05, 4.69) is 111 Å². The normalized spacial score (nSPS) is 13.4. The van der Waals surface area contributed by atoms with E-state index in [0.717, 1.165) is 83.5 Å². The summed E-state index contributed by atoms with van der Waals surface area (Å²) in [7, 11) is -4.40. The first kappa shape index (κ1) is 87.9. The van der Waals surface area contributed by atoms with Gasteiger partial charge in [0.1, 0.15) is 6.61 Å². The Bertz CT molecular complexity index is 1820. The van der Waals surface area contributed by atoms with Crippen molar-refractivity contribution in [3.63, 3.8) is 0 Å². The lowest BCUT2D eigenvalue weighted by Crippen LogP contribution is -2.29. The minimum absolute atomic E-state index is 0.0522. The Morgan fingerprint density at radius 1 is 0.341 bits per heavy atom. The lowest BCUT2D eigenvalue weighted by Gasteiger charge is -2.19. The molecule has 0 fully saturated rings. The van der Waals surface area contributed by atoms with Crippen LogP contribution in [0.3, 0.4) is 0 Å². The van der Waals surface area contributed by atoms with Crippen LogP contribution in [0.15, 0.2) is 97.2 Å². The predicted molar refractivity (Wildman–Crippen MR) is 395 cm³/mol. The van der Waals surface area contributed by atoms with Crippen molar-refractivity contribution >= 4 is 19.8 Å². The number of ether oxygens (including phenoxy) is 2. The van der Waals surface area contributed by atoms with Crippen LogP contribution in [0.5, 0.6) is 0 Å². The molecule has 0 saturated heterocycles. The summed E-state index contributed by atoms with van der Waals surface area (Å²) in [4.78, 5) is 35.4. The summed E-state index contributed by atoms with van der Waals surface area (Å²) < 4.78 is 33.3. The largest absolute Gasteiger partial charge is 0.472 e. The van der Waals surface area contributed by atoms with E-state index in [1.54, 1.807) is 0 Å². The second-order valence-corrected chi connectivity index (χ2v) is 27.3. The number of nitrogens with two attached hydrogens (primary N) is 1. The maximum Gasteiger partial charge on any atom is 0.472 e. The standard InChI is InChI=1S/C81H146NO8P/c1-3-5-7-9-11-13-15-17-19-21-23-25-27-29-31-33-35-37-38-39-40-42-43-45-47-49-51-53-55-57-59-61-63-65-67-69-71-73-80(83)87-77-79(78-89-91(85,86)88-76-75-82)90-81(84)74-72-70-68-66-64-62-60-58-56-54-52-50-48-46-44-41-36-34-32-30-28-26-24-22-20-18-16-14-12-10-8-6-4-2/h6,8,12,14-15,17-18,20-21,23-24,26,30,32,36,41,79H,3-5,7,9-11,13,16,19,22,25,27-29,31,33-35,37-40,42-78,82H2,1-2H3,(H,85,86)/b8-6-,14-12-,17-15-,20-18-,23-21-,26-24-,32-30-,41-36-. The second-order valence-electron chi connectivity index (χ2n) is 25.8. The maximum absolute atomic E-state index is 12.8. The minimum Gasteiger partial charge on any atom is -0.462 e. The van der Waals surface area contributed by atoms with Crippen LogP contribution < -0.4 is 5.73 Å². The fourth-order valence-corrected chi connectivity index (χ4v) is 12.0. The van der Waals surface area contributed by atoms with E-state index in [-0.39, 0.29) is 38.6 Å². The van der Waals surface area contributed by atoms with E-state index in [1.165, 1.54) is 257 Å². The molecule has 3 N–H and O–H groups in total. The number of phosphoric ester groups is 1. The van der Waals surface area contributed by atoms with Gasteiger partial charge in [-0.15, -0.1) is 0 Å². The highest BCUT2D eigenvalue weighted by molar-refractivity contribution is 7.47. The third-order valence-electron chi connectivity index (χ3n) is 17.0. The van der Waals surface area contributed by atoms with Crippen molar-refractivity contribution in [2.24, 2.45) is 5.73 Å². The van der Waals surface area contributed by atoms with Crippen LogP contribution in [0.1, 0.15) is 373 Å². The average Bonchev–Trinajstić information content (AvgIpc) is 3.74. The molecule has 0 radical (unpaired) electrons. The van der Waals surface area contributed by atoms with Gasteiger partial charge in [0.25, 0.3) is 0 Å². The van der Waals surface area contributed by atoms with Crippen molar-refractivity contribution < 1.29 is 37.6 Å². The molecule has 528 valence electrons. The molecule has 0 aromatic rings. The third-order valence-corrected chi connectivity index (χ3v) is 17.9. The highest BCUT2D eigenvalue weighted by Gasteiger charge is 2.26. The van der Waals surface area contributed by atoms with Crippen molar-refractivity contribution in [1.29, 1.82) is 0 Å². The number of carbonyl (C=O) groups excluding carboxylic acids is 2. The van der Waals surface area contributed by atoms with Gasteiger partial charge in [-0.2, -0.15) is 0 Å². The lowest BCUT2D eigenvalue weighted by atomic mass is 10.0. The number of phosphoric acid groups is 1. The molecular formula is C81H146NO8P. The molecule has 0 spiro atoms. The zero-order valence-electron chi connectivity index (χ0n) is 59.6. The molecule has 0 aromatic heterocycles. The molecule has 2 unspecified atom stereocenters. The van der Waals surface area contributed by atoms with Gasteiger partial charge < -0.3 is 20.1 Å². The Balaban J connectivity index is 3.80. The predicted octanol–water partition coefficient (Wildman–Crippen LogP) is 25.9. The minimum atomic E-state index is -4.40. The zero-order chi connectivity index (χ0) is 65.8. The van der Waals surface area contributed by atoms with Crippen LogP contribution in [-0.4, -0.2) is 49.3 Å². The molecule has 2 atom stereocenters. The van der Waals surface area contributed by atoms with Crippen LogP contribution in [0.2, 0.25) is 0 Å². The van der Waals surface area contributed by atoms with Gasteiger partial charge in [0, 0.05) is 19.4 Å². The molecule has 0 bridgehead atoms. The second kappa shape index (κ2) is 76.0. The van der Waals surface area contributed by atoms with E-state index < -0.39 is 26.5 Å². The summed E-state index contributed by atoms with van der Waals surface area (Å²) in [6.07, 6.45) is 104. The molecule has 10 heteroatoms. The molecule has 0 heterocycles. The first-order valence-corrected chi connectivity index (χ1v) is 40.2. The molecule has 0 aliphatic heterocycles. The van der Waals surface area contributed by atoms with E-state index in [9.17, 15) is 19.0 Å². The van der Waals surface area contributed by atoms with E-state index >= 15 is 0 Å². The SMILES string of the molecule is CC/C=C\C/C=C\C/C=C\C/C=C\C/C=C\C/C=C\CCCCCCCCCCCCCCCCC(=O)OC(COC(=O)CCCCCCCCCCCCCCCCCCCCCCCCCCC/C=C\C/C=C\CCCCCCC)COP(=O)(O)OCCN. The summed E-state index contributed by atoms with van der Waals surface area (Å²) in [5.41, 5.74) is 5.41. The van der Waals surface area contributed by atoms with Gasteiger partial charge in [-0.1, -0.05) is 361 Å². The number of rotatable bonds is 73. The number of esters is 2. The summed E-state index contributed by atoms with van der Waals surface area (Å²) in [5.74, 6) is -0.814.